The van der Waals surface area contributed by atoms with Crippen LogP contribution < -0.4 is 11.1 Å². The molecule has 2 fully saturated rings. The third kappa shape index (κ3) is 3.44. The number of nitrogens with two attached hydrogens (primary N) is 1. The molecule has 2 atom stereocenters. The van der Waals surface area contributed by atoms with E-state index in [1.807, 2.05) is 0 Å². The number of nitrogens with zero attached hydrogens (tertiary/aromatic N) is 1. The summed E-state index contributed by atoms with van der Waals surface area (Å²) in [4.78, 5) is 2.55. The molecule has 2 unspecified atom stereocenters. The average molecular weight is 225 g/mol. The fourth-order valence-electron chi connectivity index (χ4n) is 3.13. The van der Waals surface area contributed by atoms with Crippen molar-refractivity contribution in [2.75, 3.05) is 19.6 Å². The molecule has 0 amide bonds. The van der Waals surface area contributed by atoms with Crippen molar-refractivity contribution < 1.29 is 0 Å². The van der Waals surface area contributed by atoms with Gasteiger partial charge >= 0.3 is 0 Å². The van der Waals surface area contributed by atoms with Crippen molar-refractivity contribution in [2.45, 2.75) is 63.6 Å². The predicted molar refractivity (Wildman–Crippen MR) is 68.5 cm³/mol. The van der Waals surface area contributed by atoms with Crippen molar-refractivity contribution in [1.82, 2.24) is 10.2 Å². The Morgan fingerprint density at radius 2 is 1.88 bits per heavy atom. The minimum atomic E-state index is 0.446. The molecule has 1 aliphatic heterocycles. The van der Waals surface area contributed by atoms with E-state index >= 15 is 0 Å². The lowest BCUT2D eigenvalue weighted by atomic mass is 9.90. The van der Waals surface area contributed by atoms with E-state index in [0.29, 0.717) is 12.1 Å². The van der Waals surface area contributed by atoms with Crippen molar-refractivity contribution in [3.05, 3.63) is 0 Å². The number of hydrogen-bond acceptors (Lipinski definition) is 3. The first-order chi connectivity index (χ1) is 7.78. The molecule has 3 heteroatoms. The maximum atomic E-state index is 6.03. The van der Waals surface area contributed by atoms with Gasteiger partial charge in [0.15, 0.2) is 0 Å². The Balaban J connectivity index is 1.69. The van der Waals surface area contributed by atoms with Gasteiger partial charge in [0, 0.05) is 18.1 Å². The largest absolute Gasteiger partial charge is 0.328 e. The molecule has 1 saturated carbocycles. The van der Waals surface area contributed by atoms with Gasteiger partial charge in [-0.1, -0.05) is 13.3 Å². The second-order valence-electron chi connectivity index (χ2n) is 5.50. The van der Waals surface area contributed by atoms with Crippen molar-refractivity contribution in [2.24, 2.45) is 5.73 Å². The molecule has 1 heterocycles. The Morgan fingerprint density at radius 1 is 1.12 bits per heavy atom. The van der Waals surface area contributed by atoms with Crippen LogP contribution in [0.1, 0.15) is 45.4 Å². The zero-order valence-corrected chi connectivity index (χ0v) is 10.6. The van der Waals surface area contributed by atoms with E-state index < -0.39 is 0 Å². The van der Waals surface area contributed by atoms with Gasteiger partial charge < -0.3 is 16.0 Å². The van der Waals surface area contributed by atoms with Gasteiger partial charge in [0.1, 0.15) is 0 Å². The zero-order chi connectivity index (χ0) is 11.4. The van der Waals surface area contributed by atoms with Crippen molar-refractivity contribution >= 4 is 0 Å². The Labute approximate surface area is 99.8 Å². The molecule has 2 rings (SSSR count). The highest BCUT2D eigenvalue weighted by Gasteiger charge is 2.24. The summed E-state index contributed by atoms with van der Waals surface area (Å²) in [5, 5.41) is 3.83. The molecule has 94 valence electrons. The second-order valence-corrected chi connectivity index (χ2v) is 5.50. The van der Waals surface area contributed by atoms with Crippen LogP contribution in [0, 0.1) is 0 Å². The number of hydrogen-bond donors (Lipinski definition) is 2. The number of rotatable bonds is 3. The van der Waals surface area contributed by atoms with Crippen molar-refractivity contribution in [3.63, 3.8) is 0 Å². The maximum absolute atomic E-state index is 6.03. The van der Waals surface area contributed by atoms with Gasteiger partial charge in [-0.05, 0) is 51.7 Å². The summed E-state index contributed by atoms with van der Waals surface area (Å²) >= 11 is 0. The van der Waals surface area contributed by atoms with E-state index in [0.717, 1.165) is 6.04 Å². The monoisotopic (exact) mass is 225 g/mol. The molecular weight excluding hydrogens is 198 g/mol. The van der Waals surface area contributed by atoms with E-state index in [2.05, 4.69) is 17.1 Å². The molecule has 0 radical (unpaired) electrons. The third-order valence-electron chi connectivity index (χ3n) is 4.22. The molecule has 1 saturated heterocycles. The van der Waals surface area contributed by atoms with Gasteiger partial charge in [0.25, 0.3) is 0 Å². The number of likely N-dealkylation sites (tertiary alicyclic amines) is 1. The zero-order valence-electron chi connectivity index (χ0n) is 10.6. The summed E-state index contributed by atoms with van der Waals surface area (Å²) in [5.74, 6) is 0. The Kier molecular flexibility index (Phi) is 4.62. The highest BCUT2D eigenvalue weighted by atomic mass is 15.1. The molecule has 16 heavy (non-hydrogen) atoms. The van der Waals surface area contributed by atoms with Crippen LogP contribution in [0.4, 0.5) is 0 Å². The fraction of sp³-hybridized carbons (Fsp3) is 1.00. The molecule has 0 spiro atoms. The van der Waals surface area contributed by atoms with Crippen molar-refractivity contribution in [1.29, 1.82) is 0 Å². The molecular formula is C13H27N3. The van der Waals surface area contributed by atoms with E-state index in [1.54, 1.807) is 0 Å². The first kappa shape index (κ1) is 12.3. The highest BCUT2D eigenvalue weighted by molar-refractivity contribution is 4.85. The van der Waals surface area contributed by atoms with Crippen LogP contribution in [0.15, 0.2) is 0 Å². The summed E-state index contributed by atoms with van der Waals surface area (Å²) in [6, 6.07) is 1.89. The summed E-state index contributed by atoms with van der Waals surface area (Å²) in [6.07, 6.45) is 7.70. The van der Waals surface area contributed by atoms with Crippen molar-refractivity contribution in [3.8, 4) is 0 Å². The van der Waals surface area contributed by atoms with Crippen LogP contribution in [0.5, 0.6) is 0 Å². The van der Waals surface area contributed by atoms with E-state index in [1.165, 1.54) is 58.2 Å². The molecule has 3 nitrogen and oxygen atoms in total. The average Bonchev–Trinajstić information content (AvgIpc) is 2.30. The molecule has 0 bridgehead atoms. The fourth-order valence-corrected chi connectivity index (χ4v) is 3.13. The van der Waals surface area contributed by atoms with Crippen LogP contribution in [-0.4, -0.2) is 42.7 Å². The van der Waals surface area contributed by atoms with Gasteiger partial charge in [-0.3, -0.25) is 0 Å². The van der Waals surface area contributed by atoms with Crippen LogP contribution >= 0.6 is 0 Å². The molecule has 0 aromatic rings. The summed E-state index contributed by atoms with van der Waals surface area (Å²) < 4.78 is 0. The van der Waals surface area contributed by atoms with Crippen LogP contribution in [0.2, 0.25) is 0 Å². The van der Waals surface area contributed by atoms with Crippen LogP contribution in [0.3, 0.4) is 0 Å². The lowest BCUT2D eigenvalue weighted by Gasteiger charge is -2.36. The minimum Gasteiger partial charge on any atom is -0.328 e. The summed E-state index contributed by atoms with van der Waals surface area (Å²) in [7, 11) is 0. The molecule has 0 aromatic carbocycles. The lowest BCUT2D eigenvalue weighted by molar-refractivity contribution is 0.188. The molecule has 0 aromatic heterocycles. The predicted octanol–water partition coefficient (Wildman–Crippen LogP) is 1.33. The first-order valence-electron chi connectivity index (χ1n) is 7.02. The quantitative estimate of drug-likeness (QED) is 0.761. The number of piperidine rings is 1. The second kappa shape index (κ2) is 5.99. The Bertz CT molecular complexity index is 199. The van der Waals surface area contributed by atoms with Gasteiger partial charge in [-0.15, -0.1) is 0 Å². The topological polar surface area (TPSA) is 41.3 Å². The highest BCUT2D eigenvalue weighted by Crippen LogP contribution is 2.19. The third-order valence-corrected chi connectivity index (χ3v) is 4.22. The van der Waals surface area contributed by atoms with E-state index in [9.17, 15) is 0 Å². The van der Waals surface area contributed by atoms with Crippen LogP contribution in [-0.2, 0) is 0 Å². The van der Waals surface area contributed by atoms with Crippen LogP contribution in [0.25, 0.3) is 0 Å². The standard InChI is InChI=1S/C13H27N3/c1-2-16-8-6-12(7-9-16)15-13-5-3-4-11(14)10-13/h11-13,15H,2-10,14H2,1H3. The first-order valence-corrected chi connectivity index (χ1v) is 7.02. The SMILES string of the molecule is CCN1CCC(NC2CCCC(N)C2)CC1. The molecule has 2 aliphatic rings. The number of nitrogens with one attached hydrogen (secondary N) is 1. The van der Waals surface area contributed by atoms with Gasteiger partial charge in [0.05, 0.1) is 0 Å². The van der Waals surface area contributed by atoms with E-state index in [-0.39, 0.29) is 0 Å². The maximum Gasteiger partial charge on any atom is 0.00940 e. The molecule has 1 aliphatic carbocycles. The lowest BCUT2D eigenvalue weighted by Crippen LogP contribution is -2.48. The van der Waals surface area contributed by atoms with Gasteiger partial charge in [-0.2, -0.15) is 0 Å². The van der Waals surface area contributed by atoms with Gasteiger partial charge in [0.2, 0.25) is 0 Å². The smallest absolute Gasteiger partial charge is 0.00940 e. The Morgan fingerprint density at radius 3 is 2.50 bits per heavy atom. The van der Waals surface area contributed by atoms with E-state index in [4.69, 9.17) is 5.73 Å². The minimum absolute atomic E-state index is 0.446. The molecule has 3 N–H and O–H groups in total. The summed E-state index contributed by atoms with van der Waals surface area (Å²) in [6.45, 7) is 6.01. The van der Waals surface area contributed by atoms with Gasteiger partial charge in [-0.25, -0.2) is 0 Å². The Hall–Kier alpha value is -0.120. The normalized spacial score (nSPS) is 34.1. The summed E-state index contributed by atoms with van der Waals surface area (Å²) in [5.41, 5.74) is 6.03.